The maximum Gasteiger partial charge on any atom is 0.337 e. The molecule has 1 heterocycles. The quantitative estimate of drug-likeness (QED) is 0.414. The van der Waals surface area contributed by atoms with Crippen molar-refractivity contribution < 1.29 is 18.2 Å². The SMILES string of the molecule is COC(=O)c1ccc(C(=S=O)c2nc3ccc(Cl)cc3o2)cc1. The summed E-state index contributed by atoms with van der Waals surface area (Å²) in [5.41, 5.74) is 2.12. The molecule has 23 heavy (non-hydrogen) atoms. The van der Waals surface area contributed by atoms with Gasteiger partial charge in [0, 0.05) is 16.7 Å². The van der Waals surface area contributed by atoms with Gasteiger partial charge in [0.15, 0.2) is 5.58 Å². The van der Waals surface area contributed by atoms with Gasteiger partial charge in [0.05, 0.1) is 12.7 Å². The maximum absolute atomic E-state index is 11.5. The summed E-state index contributed by atoms with van der Waals surface area (Å²) in [4.78, 5) is 16.1. The molecule has 0 saturated carbocycles. The summed E-state index contributed by atoms with van der Waals surface area (Å²) < 4.78 is 21.8. The Morgan fingerprint density at radius 1 is 1.17 bits per heavy atom. The van der Waals surface area contributed by atoms with Crippen molar-refractivity contribution in [3.8, 4) is 0 Å². The number of hydrogen-bond acceptors (Lipinski definition) is 5. The lowest BCUT2D eigenvalue weighted by atomic mass is 10.1. The van der Waals surface area contributed by atoms with E-state index in [0.717, 1.165) is 0 Å². The molecule has 0 saturated heterocycles. The second-order valence-corrected chi connectivity index (χ2v) is 5.62. The number of methoxy groups -OCH3 is 1. The highest BCUT2D eigenvalue weighted by molar-refractivity contribution is 7.67. The van der Waals surface area contributed by atoms with Crippen molar-refractivity contribution >= 4 is 44.8 Å². The Morgan fingerprint density at radius 3 is 2.52 bits per heavy atom. The van der Waals surface area contributed by atoms with Crippen LogP contribution in [-0.2, 0) is 16.0 Å². The van der Waals surface area contributed by atoms with Crippen LogP contribution in [-0.4, -0.2) is 27.1 Å². The van der Waals surface area contributed by atoms with Gasteiger partial charge in [-0.1, -0.05) is 23.7 Å². The smallest absolute Gasteiger partial charge is 0.337 e. The fraction of sp³-hybridized carbons (Fsp3) is 0.0625. The minimum absolute atomic E-state index is 0.216. The van der Waals surface area contributed by atoms with E-state index in [0.29, 0.717) is 32.1 Å². The van der Waals surface area contributed by atoms with E-state index in [4.69, 9.17) is 16.0 Å². The van der Waals surface area contributed by atoms with E-state index in [-0.39, 0.29) is 17.1 Å². The Morgan fingerprint density at radius 2 is 1.87 bits per heavy atom. The molecule has 7 heteroatoms. The molecule has 0 aliphatic carbocycles. The molecule has 0 unspecified atom stereocenters. The fourth-order valence-corrected chi connectivity index (χ4v) is 2.63. The van der Waals surface area contributed by atoms with Crippen LogP contribution in [0.4, 0.5) is 0 Å². The highest BCUT2D eigenvalue weighted by Gasteiger charge is 2.15. The average Bonchev–Trinajstić information content (AvgIpc) is 2.98. The first-order valence-electron chi connectivity index (χ1n) is 6.54. The Hall–Kier alpha value is -2.44. The molecule has 2 aromatic carbocycles. The number of rotatable bonds is 3. The summed E-state index contributed by atoms with van der Waals surface area (Å²) in [5.74, 6) is -0.225. The Labute approximate surface area is 139 Å². The van der Waals surface area contributed by atoms with E-state index in [9.17, 15) is 9.00 Å². The van der Waals surface area contributed by atoms with E-state index in [1.54, 1.807) is 42.5 Å². The minimum atomic E-state index is -0.440. The third-order valence-electron chi connectivity index (χ3n) is 3.20. The topological polar surface area (TPSA) is 69.4 Å². The van der Waals surface area contributed by atoms with Crippen molar-refractivity contribution in [3.63, 3.8) is 0 Å². The molecule has 0 aliphatic rings. The van der Waals surface area contributed by atoms with Crippen LogP contribution in [0.2, 0.25) is 5.02 Å². The molecular formula is C16H10ClNO4S. The second-order valence-electron chi connectivity index (χ2n) is 4.61. The predicted octanol–water partition coefficient (Wildman–Crippen LogP) is 3.05. The molecule has 0 atom stereocenters. The molecule has 0 spiro atoms. The summed E-state index contributed by atoms with van der Waals surface area (Å²) in [5, 5.41) is 0.527. The van der Waals surface area contributed by atoms with Gasteiger partial charge in [0.2, 0.25) is 5.89 Å². The second kappa shape index (κ2) is 6.36. The molecule has 0 N–H and O–H groups in total. The van der Waals surface area contributed by atoms with E-state index in [2.05, 4.69) is 9.72 Å². The zero-order chi connectivity index (χ0) is 16.4. The van der Waals surface area contributed by atoms with Gasteiger partial charge in [-0.05, 0) is 24.3 Å². The van der Waals surface area contributed by atoms with E-state index in [1.807, 2.05) is 0 Å². The molecule has 0 fully saturated rings. The summed E-state index contributed by atoms with van der Waals surface area (Å²) in [6, 6.07) is 11.5. The summed E-state index contributed by atoms with van der Waals surface area (Å²) in [7, 11) is 1.31. The van der Waals surface area contributed by atoms with Crippen molar-refractivity contribution in [3.05, 3.63) is 64.5 Å². The average molecular weight is 348 g/mol. The number of aromatic nitrogens is 1. The number of carbonyl (C=O) groups excluding carboxylic acids is 1. The Bertz CT molecular complexity index is 942. The van der Waals surface area contributed by atoms with Crippen molar-refractivity contribution in [1.29, 1.82) is 0 Å². The van der Waals surface area contributed by atoms with E-state index >= 15 is 0 Å². The van der Waals surface area contributed by atoms with Gasteiger partial charge >= 0.3 is 5.97 Å². The largest absolute Gasteiger partial charge is 0.465 e. The van der Waals surface area contributed by atoms with Gasteiger partial charge in [-0.25, -0.2) is 14.0 Å². The lowest BCUT2D eigenvalue weighted by Crippen LogP contribution is -2.05. The summed E-state index contributed by atoms with van der Waals surface area (Å²) >= 11 is 6.19. The number of hydrogen-bond donors (Lipinski definition) is 0. The number of halogens is 1. The van der Waals surface area contributed by atoms with Gasteiger partial charge in [-0.2, -0.15) is 0 Å². The number of benzene rings is 2. The van der Waals surface area contributed by atoms with E-state index < -0.39 is 5.97 Å². The normalized spacial score (nSPS) is 10.5. The molecule has 116 valence electrons. The van der Waals surface area contributed by atoms with Gasteiger partial charge in [0.25, 0.3) is 0 Å². The van der Waals surface area contributed by atoms with Crippen LogP contribution in [0.3, 0.4) is 0 Å². The lowest BCUT2D eigenvalue weighted by Gasteiger charge is -2.01. The van der Waals surface area contributed by atoms with Crippen LogP contribution in [0, 0.1) is 0 Å². The van der Waals surface area contributed by atoms with Gasteiger partial charge in [-0.3, -0.25) is 0 Å². The number of ether oxygens (including phenoxy) is 1. The Balaban J connectivity index is 2.01. The minimum Gasteiger partial charge on any atom is -0.465 e. The highest BCUT2D eigenvalue weighted by Crippen LogP contribution is 2.21. The van der Waals surface area contributed by atoms with Gasteiger partial charge in [-0.15, -0.1) is 0 Å². The molecule has 5 nitrogen and oxygen atoms in total. The van der Waals surface area contributed by atoms with Crippen LogP contribution in [0.15, 0.2) is 46.9 Å². The first-order valence-corrected chi connectivity index (χ1v) is 7.66. The first-order chi connectivity index (χ1) is 11.1. The van der Waals surface area contributed by atoms with Gasteiger partial charge in [0.1, 0.15) is 21.6 Å². The monoisotopic (exact) mass is 347 g/mol. The molecule has 3 rings (SSSR count). The fourth-order valence-electron chi connectivity index (χ4n) is 2.08. The zero-order valence-corrected chi connectivity index (χ0v) is 13.5. The number of oxazole rings is 1. The van der Waals surface area contributed by atoms with Crippen molar-refractivity contribution in [2.75, 3.05) is 7.11 Å². The lowest BCUT2D eigenvalue weighted by molar-refractivity contribution is 0.0600. The molecule has 3 aromatic rings. The van der Waals surface area contributed by atoms with Crippen LogP contribution >= 0.6 is 11.6 Å². The number of carbonyl (C=O) groups is 1. The third kappa shape index (κ3) is 3.04. The number of esters is 1. The van der Waals surface area contributed by atoms with Crippen LogP contribution in [0.5, 0.6) is 0 Å². The molecular weight excluding hydrogens is 338 g/mol. The molecule has 1 aromatic heterocycles. The maximum atomic E-state index is 11.5. The van der Waals surface area contributed by atoms with Gasteiger partial charge < -0.3 is 9.15 Å². The number of nitrogens with zero attached hydrogens (tertiary/aromatic N) is 1. The van der Waals surface area contributed by atoms with Crippen LogP contribution < -0.4 is 0 Å². The van der Waals surface area contributed by atoms with Crippen molar-refractivity contribution in [2.24, 2.45) is 0 Å². The highest BCUT2D eigenvalue weighted by atomic mass is 35.5. The predicted molar refractivity (Wildman–Crippen MR) is 88.2 cm³/mol. The van der Waals surface area contributed by atoms with Crippen molar-refractivity contribution in [1.82, 2.24) is 4.98 Å². The zero-order valence-electron chi connectivity index (χ0n) is 11.9. The summed E-state index contributed by atoms with van der Waals surface area (Å²) in [6.07, 6.45) is 0. The first kappa shape index (κ1) is 15.5. The standard InChI is InChI=1S/C16H10ClNO4S/c1-21-16(19)10-4-2-9(3-5-10)14(23-20)15-18-12-7-6-11(17)8-13(12)22-15/h2-8H,1H3. The Kier molecular flexibility index (Phi) is 4.27. The van der Waals surface area contributed by atoms with Crippen LogP contribution in [0.1, 0.15) is 21.8 Å². The number of fused-ring (bicyclic) bond motifs is 1. The molecule has 0 aliphatic heterocycles. The van der Waals surface area contributed by atoms with Crippen molar-refractivity contribution in [2.45, 2.75) is 0 Å². The summed E-state index contributed by atoms with van der Waals surface area (Å²) in [6.45, 7) is 0. The molecule has 0 amide bonds. The molecule has 0 radical (unpaired) electrons. The van der Waals surface area contributed by atoms with Crippen LogP contribution in [0.25, 0.3) is 11.1 Å². The van der Waals surface area contributed by atoms with E-state index in [1.165, 1.54) is 7.11 Å². The third-order valence-corrected chi connectivity index (χ3v) is 4.01. The molecule has 0 bridgehead atoms.